The van der Waals surface area contributed by atoms with Crippen LogP contribution in [0, 0.1) is 25.9 Å². The van der Waals surface area contributed by atoms with Crippen LogP contribution in [-0.2, 0) is 12.8 Å². The van der Waals surface area contributed by atoms with Gasteiger partial charge in [-0.3, -0.25) is 10.1 Å². The second-order valence-corrected chi connectivity index (χ2v) is 6.08. The lowest BCUT2D eigenvalue weighted by Crippen LogP contribution is -2.96. The number of benzene rings is 2. The van der Waals surface area contributed by atoms with Crippen LogP contribution in [-0.4, -0.2) is 28.4 Å². The number of nitro groups is 1. The second-order valence-electron chi connectivity index (χ2n) is 6.08. The van der Waals surface area contributed by atoms with E-state index < -0.39 is 15.6 Å². The van der Waals surface area contributed by atoms with Crippen molar-refractivity contribution in [1.82, 2.24) is 0 Å². The molecule has 2 rings (SSSR count). The van der Waals surface area contributed by atoms with Crippen LogP contribution in [0.5, 0.6) is 0 Å². The van der Waals surface area contributed by atoms with Crippen LogP contribution in [0.15, 0.2) is 48.5 Å². The smallest absolute Gasteiger partial charge is 0.269 e. The summed E-state index contributed by atoms with van der Waals surface area (Å²) in [7, 11) is 0. The molecule has 0 atom stereocenters. The Morgan fingerprint density at radius 2 is 1.32 bits per heavy atom. The van der Waals surface area contributed by atoms with Gasteiger partial charge in [0.05, 0.1) is 18.1 Å². The van der Waals surface area contributed by atoms with Crippen LogP contribution in [0.1, 0.15) is 11.1 Å². The van der Waals surface area contributed by atoms with Crippen molar-refractivity contribution in [2.45, 2.75) is 12.8 Å². The number of quaternary nitrogens is 1. The Morgan fingerprint density at radius 1 is 0.880 bits per heavy atom. The standard InChI is InChI=1S/C17H19N2O6/c20-11-17(12-21,9-13-1-5-15(6-2-13)18(22)23)10-14-3-7-16(8-4-14)19(24)25/h1-8,18,20-21H,9-12H2/q-1. The van der Waals surface area contributed by atoms with Crippen LogP contribution in [0.3, 0.4) is 0 Å². The van der Waals surface area contributed by atoms with Crippen molar-refractivity contribution in [3.63, 3.8) is 0 Å². The van der Waals surface area contributed by atoms with Gasteiger partial charge in [-0.25, -0.2) is 0 Å². The molecule has 0 spiro atoms. The quantitative estimate of drug-likeness (QED) is 0.479. The highest BCUT2D eigenvalue weighted by molar-refractivity contribution is 5.35. The molecule has 0 aliphatic rings. The molecule has 8 nitrogen and oxygen atoms in total. The van der Waals surface area contributed by atoms with Crippen molar-refractivity contribution < 1.29 is 20.4 Å². The molecule has 3 N–H and O–H groups in total. The van der Waals surface area contributed by atoms with Gasteiger partial charge in [0.2, 0.25) is 0 Å². The maximum atomic E-state index is 10.8. The average Bonchev–Trinajstić information content (AvgIpc) is 2.62. The molecule has 0 saturated carbocycles. The van der Waals surface area contributed by atoms with E-state index in [1.807, 2.05) is 0 Å². The van der Waals surface area contributed by atoms with E-state index in [9.17, 15) is 30.7 Å². The highest BCUT2D eigenvalue weighted by Crippen LogP contribution is 2.28. The Bertz CT molecular complexity index is 696. The number of hydrogen-bond acceptors (Lipinski definition) is 6. The van der Waals surface area contributed by atoms with E-state index in [1.165, 1.54) is 24.3 Å². The lowest BCUT2D eigenvalue weighted by atomic mass is 9.78. The molecule has 0 aromatic heterocycles. The van der Waals surface area contributed by atoms with Crippen molar-refractivity contribution >= 4 is 11.4 Å². The summed E-state index contributed by atoms with van der Waals surface area (Å²) in [5.74, 6) is 0. The number of non-ortho nitro benzene ring substituents is 1. The van der Waals surface area contributed by atoms with Gasteiger partial charge in [-0.05, 0) is 36.1 Å². The fraction of sp³-hybridized carbons (Fsp3) is 0.294. The highest BCUT2D eigenvalue weighted by Gasteiger charge is 2.30. The van der Waals surface area contributed by atoms with Gasteiger partial charge < -0.3 is 25.9 Å². The summed E-state index contributed by atoms with van der Waals surface area (Å²) in [5.41, 5.74) is 0.673. The van der Waals surface area contributed by atoms with Gasteiger partial charge in [-0.1, -0.05) is 24.3 Å². The van der Waals surface area contributed by atoms with Crippen molar-refractivity contribution in [3.8, 4) is 0 Å². The van der Waals surface area contributed by atoms with Crippen LogP contribution in [0.4, 0.5) is 11.4 Å². The van der Waals surface area contributed by atoms with E-state index in [2.05, 4.69) is 0 Å². The summed E-state index contributed by atoms with van der Waals surface area (Å²) < 4.78 is 0. The number of nitrogens with one attached hydrogen (secondary N) is 1. The van der Waals surface area contributed by atoms with E-state index in [1.54, 1.807) is 24.3 Å². The lowest BCUT2D eigenvalue weighted by Gasteiger charge is -2.30. The first-order chi connectivity index (χ1) is 11.9. The van der Waals surface area contributed by atoms with Crippen molar-refractivity contribution in [2.24, 2.45) is 5.41 Å². The van der Waals surface area contributed by atoms with Gasteiger partial charge in [0, 0.05) is 17.5 Å². The molecule has 0 radical (unpaired) electrons. The first-order valence-electron chi connectivity index (χ1n) is 7.64. The average molecular weight is 347 g/mol. The SMILES string of the molecule is O=[N+]([O-])c1ccc(CC(CO)(CO)Cc2ccc([NH+]([O-])[O-])cc2)cc1. The summed E-state index contributed by atoms with van der Waals surface area (Å²) >= 11 is 0. The first-order valence-corrected chi connectivity index (χ1v) is 7.64. The largest absolute Gasteiger partial charge is 0.628 e. The van der Waals surface area contributed by atoms with E-state index in [0.717, 1.165) is 11.1 Å². The monoisotopic (exact) mass is 347 g/mol. The van der Waals surface area contributed by atoms with Gasteiger partial charge in [-0.2, -0.15) is 0 Å². The van der Waals surface area contributed by atoms with Gasteiger partial charge >= 0.3 is 0 Å². The summed E-state index contributed by atoms with van der Waals surface area (Å²) in [6, 6.07) is 12.0. The molecule has 0 aliphatic heterocycles. The Kier molecular flexibility index (Phi) is 6.18. The summed E-state index contributed by atoms with van der Waals surface area (Å²) in [6.07, 6.45) is 0.643. The van der Waals surface area contributed by atoms with Crippen molar-refractivity contribution in [2.75, 3.05) is 13.2 Å². The second kappa shape index (κ2) is 8.15. The molecular formula is C17H19N2O6-. The van der Waals surface area contributed by atoms with Gasteiger partial charge in [0.25, 0.3) is 5.69 Å². The number of aliphatic hydroxyl groups excluding tert-OH is 2. The molecule has 0 fully saturated rings. The van der Waals surface area contributed by atoms with Crippen LogP contribution < -0.4 is 5.23 Å². The van der Waals surface area contributed by atoms with E-state index in [0.29, 0.717) is 12.8 Å². The molecule has 25 heavy (non-hydrogen) atoms. The van der Waals surface area contributed by atoms with Gasteiger partial charge in [0.15, 0.2) is 0 Å². The van der Waals surface area contributed by atoms with Crippen LogP contribution in [0.2, 0.25) is 0 Å². The Balaban J connectivity index is 2.18. The third-order valence-electron chi connectivity index (χ3n) is 4.17. The zero-order valence-corrected chi connectivity index (χ0v) is 13.4. The molecule has 0 saturated heterocycles. The molecule has 0 unspecified atom stereocenters. The number of hydrogen-bond donors (Lipinski definition) is 3. The molecule has 2 aromatic carbocycles. The predicted octanol–water partition coefficient (Wildman–Crippen LogP) is 0.863. The topological polar surface area (TPSA) is 134 Å². The summed E-state index contributed by atoms with van der Waals surface area (Å²) in [6.45, 7) is -0.578. The fourth-order valence-corrected chi connectivity index (χ4v) is 2.70. The maximum Gasteiger partial charge on any atom is 0.269 e. The zero-order valence-electron chi connectivity index (χ0n) is 13.4. The molecule has 0 heterocycles. The first kappa shape index (κ1) is 19.0. The zero-order chi connectivity index (χ0) is 18.4. The Hall–Kier alpha value is -2.36. The van der Waals surface area contributed by atoms with Crippen LogP contribution in [0.25, 0.3) is 0 Å². The van der Waals surface area contributed by atoms with Gasteiger partial charge in [-0.15, -0.1) is 0 Å². The lowest BCUT2D eigenvalue weighted by molar-refractivity contribution is -0.715. The minimum absolute atomic E-state index is 0.0276. The maximum absolute atomic E-state index is 10.8. The normalized spacial score (nSPS) is 11.7. The summed E-state index contributed by atoms with van der Waals surface area (Å²) in [5, 5.41) is 50.6. The highest BCUT2D eigenvalue weighted by atomic mass is 16.8. The Morgan fingerprint density at radius 3 is 1.68 bits per heavy atom. The van der Waals surface area contributed by atoms with Crippen molar-refractivity contribution in [3.05, 3.63) is 80.2 Å². The van der Waals surface area contributed by atoms with Crippen LogP contribution >= 0.6 is 0 Å². The van der Waals surface area contributed by atoms with E-state index in [4.69, 9.17) is 0 Å². The fourth-order valence-electron chi connectivity index (χ4n) is 2.70. The molecular weight excluding hydrogens is 328 g/mol. The third kappa shape index (κ3) is 4.81. The van der Waals surface area contributed by atoms with Gasteiger partial charge in [0.1, 0.15) is 5.69 Å². The summed E-state index contributed by atoms with van der Waals surface area (Å²) in [4.78, 5) is 10.2. The third-order valence-corrected chi connectivity index (χ3v) is 4.17. The molecule has 134 valence electrons. The minimum atomic E-state index is -1.27. The molecule has 0 aliphatic carbocycles. The van der Waals surface area contributed by atoms with E-state index in [-0.39, 0.29) is 24.6 Å². The number of aliphatic hydroxyl groups is 2. The number of rotatable bonds is 8. The Labute approximate surface area is 144 Å². The predicted molar refractivity (Wildman–Crippen MR) is 90.9 cm³/mol. The number of nitro benzene ring substituents is 1. The molecule has 0 amide bonds. The molecule has 8 heteroatoms. The van der Waals surface area contributed by atoms with Crippen molar-refractivity contribution in [1.29, 1.82) is 0 Å². The minimum Gasteiger partial charge on any atom is -0.628 e. The van der Waals surface area contributed by atoms with E-state index >= 15 is 0 Å². The number of nitrogens with zero attached hydrogens (tertiary/aromatic N) is 1. The molecule has 2 aromatic rings. The molecule has 0 bridgehead atoms.